The number of nitrogens with zero attached hydrogens (tertiary/aromatic N) is 1. The molecule has 0 aliphatic carbocycles. The minimum absolute atomic E-state index is 0.646. The lowest BCUT2D eigenvalue weighted by molar-refractivity contribution is 0.187. The van der Waals surface area contributed by atoms with Crippen molar-refractivity contribution in [3.8, 4) is 0 Å². The van der Waals surface area contributed by atoms with E-state index in [4.69, 9.17) is 4.74 Å². The van der Waals surface area contributed by atoms with E-state index in [9.17, 15) is 0 Å². The van der Waals surface area contributed by atoms with E-state index in [1.165, 1.54) is 24.9 Å². The highest BCUT2D eigenvalue weighted by molar-refractivity contribution is 5.14. The Hall–Kier alpha value is -1.28. The highest BCUT2D eigenvalue weighted by atomic mass is 16.5. The lowest BCUT2D eigenvalue weighted by Gasteiger charge is -2.31. The van der Waals surface area contributed by atoms with Gasteiger partial charge in [-0.05, 0) is 36.9 Å². The molecule has 1 aromatic carbocycles. The Bertz CT molecular complexity index is 347. The zero-order valence-corrected chi connectivity index (χ0v) is 10.5. The minimum Gasteiger partial charge on any atom is -0.505 e. The van der Waals surface area contributed by atoms with E-state index in [-0.39, 0.29) is 0 Å². The standard InChI is InChI=1S/C15H21NO/c1-17-11-9-15-8-5-10-16(13-15)12-14-6-3-2-4-7-14/h2-4,6-7,9,11,15H,5,8,10,12-13H2,1H3/b11-9+. The third-order valence-corrected chi connectivity index (χ3v) is 3.28. The molecule has 0 N–H and O–H groups in total. The Morgan fingerprint density at radius 3 is 2.94 bits per heavy atom. The van der Waals surface area contributed by atoms with Crippen molar-refractivity contribution in [3.63, 3.8) is 0 Å². The highest BCUT2D eigenvalue weighted by Crippen LogP contribution is 2.19. The number of ether oxygens (including phenoxy) is 1. The van der Waals surface area contributed by atoms with Gasteiger partial charge in [-0.1, -0.05) is 30.3 Å². The topological polar surface area (TPSA) is 12.5 Å². The number of likely N-dealkylation sites (tertiary alicyclic amines) is 1. The molecule has 1 aliphatic rings. The van der Waals surface area contributed by atoms with Gasteiger partial charge in [0.15, 0.2) is 0 Å². The van der Waals surface area contributed by atoms with Crippen LogP contribution < -0.4 is 0 Å². The molecule has 92 valence electrons. The summed E-state index contributed by atoms with van der Waals surface area (Å²) in [5, 5.41) is 0. The summed E-state index contributed by atoms with van der Waals surface area (Å²) >= 11 is 0. The van der Waals surface area contributed by atoms with Crippen molar-refractivity contribution in [1.82, 2.24) is 4.90 Å². The molecule has 0 spiro atoms. The summed E-state index contributed by atoms with van der Waals surface area (Å²) in [7, 11) is 1.71. The van der Waals surface area contributed by atoms with Crippen molar-refractivity contribution >= 4 is 0 Å². The largest absolute Gasteiger partial charge is 0.505 e. The molecule has 2 nitrogen and oxygen atoms in total. The monoisotopic (exact) mass is 231 g/mol. The number of benzene rings is 1. The number of hydrogen-bond donors (Lipinski definition) is 0. The summed E-state index contributed by atoms with van der Waals surface area (Å²) in [4.78, 5) is 2.53. The predicted molar refractivity (Wildman–Crippen MR) is 70.6 cm³/mol. The average molecular weight is 231 g/mol. The summed E-state index contributed by atoms with van der Waals surface area (Å²) in [5.74, 6) is 0.646. The number of hydrogen-bond acceptors (Lipinski definition) is 2. The Morgan fingerprint density at radius 2 is 2.18 bits per heavy atom. The smallest absolute Gasteiger partial charge is 0.0788 e. The van der Waals surface area contributed by atoms with E-state index in [2.05, 4.69) is 41.3 Å². The van der Waals surface area contributed by atoms with Crippen LogP contribution in [0.15, 0.2) is 42.7 Å². The first-order chi connectivity index (χ1) is 8.38. The molecule has 0 bridgehead atoms. The minimum atomic E-state index is 0.646. The normalized spacial score (nSPS) is 21.8. The van der Waals surface area contributed by atoms with Crippen LogP contribution in [-0.4, -0.2) is 25.1 Å². The lowest BCUT2D eigenvalue weighted by Crippen LogP contribution is -2.34. The van der Waals surface area contributed by atoms with Crippen molar-refractivity contribution < 1.29 is 4.74 Å². The van der Waals surface area contributed by atoms with Crippen molar-refractivity contribution in [3.05, 3.63) is 48.2 Å². The fraction of sp³-hybridized carbons (Fsp3) is 0.467. The molecule has 1 aliphatic heterocycles. The summed E-state index contributed by atoms with van der Waals surface area (Å²) in [5.41, 5.74) is 1.41. The first kappa shape index (κ1) is 12.2. The molecule has 0 aromatic heterocycles. The van der Waals surface area contributed by atoms with Crippen molar-refractivity contribution in [2.24, 2.45) is 5.92 Å². The molecule has 1 fully saturated rings. The molecule has 2 heteroatoms. The fourth-order valence-electron chi connectivity index (χ4n) is 2.42. The molecule has 1 atom stereocenters. The van der Waals surface area contributed by atoms with Crippen molar-refractivity contribution in [1.29, 1.82) is 0 Å². The maximum Gasteiger partial charge on any atom is 0.0788 e. The van der Waals surface area contributed by atoms with Gasteiger partial charge in [0.05, 0.1) is 13.4 Å². The van der Waals surface area contributed by atoms with E-state index < -0.39 is 0 Å². The maximum atomic E-state index is 5.00. The maximum absolute atomic E-state index is 5.00. The van der Waals surface area contributed by atoms with E-state index in [0.29, 0.717) is 5.92 Å². The third-order valence-electron chi connectivity index (χ3n) is 3.28. The van der Waals surface area contributed by atoms with E-state index >= 15 is 0 Å². The van der Waals surface area contributed by atoms with Crippen molar-refractivity contribution in [2.45, 2.75) is 19.4 Å². The molecule has 1 unspecified atom stereocenters. The number of methoxy groups -OCH3 is 1. The van der Waals surface area contributed by atoms with Crippen LogP contribution in [0, 0.1) is 5.92 Å². The van der Waals surface area contributed by atoms with Crippen LogP contribution in [0.3, 0.4) is 0 Å². The van der Waals surface area contributed by atoms with Gasteiger partial charge < -0.3 is 4.74 Å². The van der Waals surface area contributed by atoms with Crippen LogP contribution in [0.5, 0.6) is 0 Å². The number of rotatable bonds is 4. The Balaban J connectivity index is 1.87. The zero-order valence-electron chi connectivity index (χ0n) is 10.5. The predicted octanol–water partition coefficient (Wildman–Crippen LogP) is 3.06. The van der Waals surface area contributed by atoms with Gasteiger partial charge >= 0.3 is 0 Å². The second kappa shape index (κ2) is 6.45. The molecular weight excluding hydrogens is 210 g/mol. The Labute approximate surface area is 104 Å². The van der Waals surface area contributed by atoms with Crippen LogP contribution >= 0.6 is 0 Å². The molecule has 0 amide bonds. The quantitative estimate of drug-likeness (QED) is 0.738. The van der Waals surface area contributed by atoms with Crippen LogP contribution in [0.25, 0.3) is 0 Å². The second-order valence-electron chi connectivity index (χ2n) is 4.69. The van der Waals surface area contributed by atoms with Crippen LogP contribution in [0.1, 0.15) is 18.4 Å². The molecule has 17 heavy (non-hydrogen) atoms. The van der Waals surface area contributed by atoms with Gasteiger partial charge in [-0.15, -0.1) is 0 Å². The average Bonchev–Trinajstić information content (AvgIpc) is 2.38. The van der Waals surface area contributed by atoms with Gasteiger partial charge in [0.1, 0.15) is 0 Å². The van der Waals surface area contributed by atoms with Gasteiger partial charge in [0.25, 0.3) is 0 Å². The summed E-state index contributed by atoms with van der Waals surface area (Å²) in [6.07, 6.45) is 6.57. The van der Waals surface area contributed by atoms with E-state index in [0.717, 1.165) is 13.1 Å². The molecule has 1 saturated heterocycles. The lowest BCUT2D eigenvalue weighted by atomic mass is 9.98. The molecule has 2 rings (SSSR count). The Morgan fingerprint density at radius 1 is 1.35 bits per heavy atom. The zero-order chi connectivity index (χ0) is 11.9. The fourth-order valence-corrected chi connectivity index (χ4v) is 2.42. The highest BCUT2D eigenvalue weighted by Gasteiger charge is 2.17. The van der Waals surface area contributed by atoms with E-state index in [1.54, 1.807) is 7.11 Å². The summed E-state index contributed by atoms with van der Waals surface area (Å²) in [6.45, 7) is 3.43. The SMILES string of the molecule is CO/C=C/C1CCCN(Cc2ccccc2)C1. The van der Waals surface area contributed by atoms with Gasteiger partial charge in [-0.3, -0.25) is 4.90 Å². The molecule has 0 radical (unpaired) electrons. The molecule has 0 saturated carbocycles. The summed E-state index contributed by atoms with van der Waals surface area (Å²) < 4.78 is 5.00. The van der Waals surface area contributed by atoms with Crippen LogP contribution in [-0.2, 0) is 11.3 Å². The second-order valence-corrected chi connectivity index (χ2v) is 4.69. The first-order valence-electron chi connectivity index (χ1n) is 6.34. The van der Waals surface area contributed by atoms with Gasteiger partial charge in [-0.2, -0.15) is 0 Å². The molecular formula is C15H21NO. The van der Waals surface area contributed by atoms with Gasteiger partial charge in [0.2, 0.25) is 0 Å². The van der Waals surface area contributed by atoms with Gasteiger partial charge in [-0.25, -0.2) is 0 Å². The van der Waals surface area contributed by atoms with Gasteiger partial charge in [0, 0.05) is 13.1 Å². The molecule has 1 aromatic rings. The van der Waals surface area contributed by atoms with Crippen LogP contribution in [0.2, 0.25) is 0 Å². The Kier molecular flexibility index (Phi) is 4.63. The molecule has 1 heterocycles. The van der Waals surface area contributed by atoms with Crippen molar-refractivity contribution in [2.75, 3.05) is 20.2 Å². The summed E-state index contributed by atoms with van der Waals surface area (Å²) in [6, 6.07) is 10.7. The van der Waals surface area contributed by atoms with Crippen LogP contribution in [0.4, 0.5) is 0 Å². The first-order valence-corrected chi connectivity index (χ1v) is 6.34. The number of piperidine rings is 1. The van der Waals surface area contributed by atoms with E-state index in [1.807, 2.05) is 6.26 Å². The third kappa shape index (κ3) is 3.90.